The van der Waals surface area contributed by atoms with Gasteiger partial charge in [-0.1, -0.05) is 11.6 Å². The van der Waals surface area contributed by atoms with Gasteiger partial charge in [0.2, 0.25) is 5.91 Å². The van der Waals surface area contributed by atoms with Crippen LogP contribution in [0.4, 0.5) is 0 Å². The number of carbonyl (C=O) groups is 1. The summed E-state index contributed by atoms with van der Waals surface area (Å²) in [5.74, 6) is 1.33. The molecule has 114 valence electrons. The van der Waals surface area contributed by atoms with E-state index in [0.29, 0.717) is 18.4 Å². The van der Waals surface area contributed by atoms with E-state index in [4.69, 9.17) is 4.74 Å². The molecule has 1 heterocycles. The maximum Gasteiger partial charge on any atom is 0.248 e. The number of nitrogens with one attached hydrogen (secondary N) is 1. The molecule has 0 aromatic carbocycles. The van der Waals surface area contributed by atoms with Crippen LogP contribution in [0, 0.1) is 11.8 Å². The van der Waals surface area contributed by atoms with Crippen molar-refractivity contribution in [3.8, 4) is 0 Å². The van der Waals surface area contributed by atoms with Crippen LogP contribution in [0.2, 0.25) is 0 Å². The van der Waals surface area contributed by atoms with E-state index in [9.17, 15) is 9.90 Å². The fourth-order valence-corrected chi connectivity index (χ4v) is 3.59. The summed E-state index contributed by atoms with van der Waals surface area (Å²) in [5, 5.41) is 12.0. The Morgan fingerprint density at radius 2 is 2.38 bits per heavy atom. The van der Waals surface area contributed by atoms with Gasteiger partial charge >= 0.3 is 0 Å². The van der Waals surface area contributed by atoms with Gasteiger partial charge in [-0.2, -0.15) is 0 Å². The van der Waals surface area contributed by atoms with E-state index in [1.54, 1.807) is 0 Å². The second-order valence-corrected chi connectivity index (χ2v) is 6.08. The van der Waals surface area contributed by atoms with Gasteiger partial charge in [-0.3, -0.25) is 4.79 Å². The number of amides is 1. The zero-order valence-electron chi connectivity index (χ0n) is 12.5. The topological polar surface area (TPSA) is 70.9 Å². The van der Waals surface area contributed by atoms with E-state index in [1.807, 2.05) is 6.92 Å². The average molecular weight is 290 g/mol. The van der Waals surface area contributed by atoms with Gasteiger partial charge in [0.25, 0.3) is 0 Å². The molecule has 0 spiro atoms. The third-order valence-corrected chi connectivity index (χ3v) is 4.60. The zero-order valence-corrected chi connectivity index (χ0v) is 12.5. The summed E-state index contributed by atoms with van der Waals surface area (Å²) in [6.45, 7) is 3.98. The highest BCUT2D eigenvalue weighted by molar-refractivity contribution is 5.80. The number of fused-ring (bicyclic) bond motifs is 3. The van der Waals surface area contributed by atoms with Crippen LogP contribution in [-0.4, -0.2) is 35.7 Å². The average Bonchev–Trinajstić information content (AvgIpc) is 3.00. The van der Waals surface area contributed by atoms with Crippen molar-refractivity contribution < 1.29 is 14.6 Å². The third-order valence-electron chi connectivity index (χ3n) is 4.60. The number of aliphatic hydroxyl groups excluding tert-OH is 1. The molecule has 0 radical (unpaired) electrons. The summed E-state index contributed by atoms with van der Waals surface area (Å²) in [6, 6.07) is 0. The molecule has 21 heavy (non-hydrogen) atoms. The summed E-state index contributed by atoms with van der Waals surface area (Å²) in [4.78, 5) is 15.8. The van der Waals surface area contributed by atoms with E-state index < -0.39 is 6.10 Å². The SMILES string of the molecule is CC1=NC2=CC=C3CCC(CCNC(=O)C(C)O)C3C2O1. The molecule has 1 aliphatic heterocycles. The molecule has 4 atom stereocenters. The van der Waals surface area contributed by atoms with E-state index in [1.165, 1.54) is 12.5 Å². The number of hydrogen-bond acceptors (Lipinski definition) is 4. The maximum absolute atomic E-state index is 11.4. The largest absolute Gasteiger partial charge is 0.471 e. The number of aliphatic imine (C=N–C) groups is 1. The summed E-state index contributed by atoms with van der Waals surface area (Å²) in [6.07, 6.45) is 6.52. The highest BCUT2D eigenvalue weighted by atomic mass is 16.5. The number of aliphatic hydroxyl groups is 1. The van der Waals surface area contributed by atoms with Crippen LogP contribution in [0.15, 0.2) is 28.4 Å². The second kappa shape index (κ2) is 5.64. The Labute approximate surface area is 124 Å². The van der Waals surface area contributed by atoms with Gasteiger partial charge in [-0.05, 0) is 38.2 Å². The predicted octanol–water partition coefficient (Wildman–Crippen LogP) is 1.54. The van der Waals surface area contributed by atoms with Crippen LogP contribution in [0.1, 0.15) is 33.1 Å². The van der Waals surface area contributed by atoms with E-state index in [0.717, 1.165) is 30.9 Å². The quantitative estimate of drug-likeness (QED) is 0.825. The van der Waals surface area contributed by atoms with Gasteiger partial charge in [-0.15, -0.1) is 0 Å². The minimum atomic E-state index is -0.942. The number of rotatable bonds is 4. The van der Waals surface area contributed by atoms with Crippen molar-refractivity contribution in [2.24, 2.45) is 16.8 Å². The third kappa shape index (κ3) is 2.75. The van der Waals surface area contributed by atoms with Crippen molar-refractivity contribution in [2.75, 3.05) is 6.54 Å². The Morgan fingerprint density at radius 3 is 3.14 bits per heavy atom. The van der Waals surface area contributed by atoms with Crippen molar-refractivity contribution in [1.82, 2.24) is 5.32 Å². The monoisotopic (exact) mass is 290 g/mol. The Kier molecular flexibility index (Phi) is 3.85. The molecule has 0 saturated heterocycles. The Morgan fingerprint density at radius 1 is 1.57 bits per heavy atom. The lowest BCUT2D eigenvalue weighted by atomic mass is 9.82. The zero-order chi connectivity index (χ0) is 15.0. The molecule has 5 heteroatoms. The van der Waals surface area contributed by atoms with Gasteiger partial charge in [-0.25, -0.2) is 4.99 Å². The molecule has 0 aromatic heterocycles. The van der Waals surface area contributed by atoms with Crippen LogP contribution in [0.3, 0.4) is 0 Å². The summed E-state index contributed by atoms with van der Waals surface area (Å²) >= 11 is 0. The molecule has 0 bridgehead atoms. The fraction of sp³-hybridized carbons (Fsp3) is 0.625. The number of nitrogens with zero attached hydrogens (tertiary/aromatic N) is 1. The molecule has 5 nitrogen and oxygen atoms in total. The first-order chi connectivity index (χ1) is 10.1. The first kappa shape index (κ1) is 14.3. The van der Waals surface area contributed by atoms with Gasteiger partial charge in [0.1, 0.15) is 12.2 Å². The molecule has 2 N–H and O–H groups in total. The Bertz CT molecular complexity index is 534. The van der Waals surface area contributed by atoms with Gasteiger partial charge in [0.15, 0.2) is 5.90 Å². The number of hydrogen-bond donors (Lipinski definition) is 2. The van der Waals surface area contributed by atoms with Crippen LogP contribution in [0.25, 0.3) is 0 Å². The molecule has 1 saturated carbocycles. The van der Waals surface area contributed by atoms with Crippen LogP contribution in [-0.2, 0) is 9.53 Å². The lowest BCUT2D eigenvalue weighted by Gasteiger charge is -2.28. The summed E-state index contributed by atoms with van der Waals surface area (Å²) in [5.41, 5.74) is 2.47. The number of ether oxygens (including phenoxy) is 1. The molecule has 2 aliphatic carbocycles. The van der Waals surface area contributed by atoms with Crippen molar-refractivity contribution in [2.45, 2.75) is 45.3 Å². The van der Waals surface area contributed by atoms with Gasteiger partial charge in [0.05, 0.1) is 5.70 Å². The first-order valence-corrected chi connectivity index (χ1v) is 7.64. The molecule has 3 rings (SSSR count). The highest BCUT2D eigenvalue weighted by Gasteiger charge is 2.43. The molecular formula is C16H22N2O3. The molecular weight excluding hydrogens is 268 g/mol. The lowest BCUT2D eigenvalue weighted by Crippen LogP contribution is -2.35. The molecule has 3 aliphatic rings. The maximum atomic E-state index is 11.4. The Balaban J connectivity index is 1.61. The molecule has 4 unspecified atom stereocenters. The number of carbonyl (C=O) groups excluding carboxylic acids is 1. The highest BCUT2D eigenvalue weighted by Crippen LogP contribution is 2.47. The molecule has 1 amide bonds. The van der Waals surface area contributed by atoms with Gasteiger partial charge < -0.3 is 15.2 Å². The van der Waals surface area contributed by atoms with Crippen LogP contribution < -0.4 is 5.32 Å². The van der Waals surface area contributed by atoms with Gasteiger partial charge in [0, 0.05) is 19.4 Å². The predicted molar refractivity (Wildman–Crippen MR) is 79.7 cm³/mol. The van der Waals surface area contributed by atoms with Crippen LogP contribution in [0.5, 0.6) is 0 Å². The fourth-order valence-electron chi connectivity index (χ4n) is 3.59. The molecule has 0 aromatic rings. The normalized spacial score (nSPS) is 31.4. The van der Waals surface area contributed by atoms with Crippen molar-refractivity contribution in [3.63, 3.8) is 0 Å². The summed E-state index contributed by atoms with van der Waals surface area (Å²) < 4.78 is 5.89. The summed E-state index contributed by atoms with van der Waals surface area (Å²) in [7, 11) is 0. The first-order valence-electron chi connectivity index (χ1n) is 7.64. The standard InChI is InChI=1S/C16H22N2O3/c1-9(19)16(20)17-8-7-12-4-3-11-5-6-13-15(14(11)12)21-10(2)18-13/h5-6,9,12,14-15,19H,3-4,7-8H2,1-2H3,(H,17,20). The van der Waals surface area contributed by atoms with E-state index in [-0.39, 0.29) is 12.0 Å². The minimum Gasteiger partial charge on any atom is -0.471 e. The lowest BCUT2D eigenvalue weighted by molar-refractivity contribution is -0.128. The minimum absolute atomic E-state index is 0.0602. The van der Waals surface area contributed by atoms with E-state index in [2.05, 4.69) is 22.5 Å². The van der Waals surface area contributed by atoms with Crippen molar-refractivity contribution >= 4 is 11.8 Å². The Hall–Kier alpha value is -1.62. The van der Waals surface area contributed by atoms with Crippen molar-refractivity contribution in [3.05, 3.63) is 23.4 Å². The van der Waals surface area contributed by atoms with Crippen molar-refractivity contribution in [1.29, 1.82) is 0 Å². The molecule has 1 fully saturated rings. The van der Waals surface area contributed by atoms with E-state index >= 15 is 0 Å². The second-order valence-electron chi connectivity index (χ2n) is 6.08. The van der Waals surface area contributed by atoms with Crippen LogP contribution >= 0.6 is 0 Å². The number of allylic oxidation sites excluding steroid dienone is 2. The smallest absolute Gasteiger partial charge is 0.248 e.